The summed E-state index contributed by atoms with van der Waals surface area (Å²) < 4.78 is 2.12. The lowest BCUT2D eigenvalue weighted by molar-refractivity contribution is 0.852. The molecule has 0 saturated carbocycles. The molecule has 0 aliphatic heterocycles. The van der Waals surface area contributed by atoms with Crippen LogP contribution in [0, 0.1) is 11.8 Å². The Morgan fingerprint density at radius 2 is 2.31 bits per heavy atom. The van der Waals surface area contributed by atoms with Crippen molar-refractivity contribution in [2.75, 3.05) is 5.73 Å². The van der Waals surface area contributed by atoms with Crippen molar-refractivity contribution < 1.29 is 0 Å². The first-order valence-electron chi connectivity index (χ1n) is 5.19. The van der Waals surface area contributed by atoms with Crippen LogP contribution in [0.5, 0.6) is 0 Å². The van der Waals surface area contributed by atoms with Gasteiger partial charge in [-0.25, -0.2) is 0 Å². The molecule has 0 unspecified atom stereocenters. The fraction of sp³-hybridized carbons (Fsp3) is 0.143. The summed E-state index contributed by atoms with van der Waals surface area (Å²) >= 11 is 0. The van der Waals surface area contributed by atoms with E-state index in [9.17, 15) is 0 Å². The summed E-state index contributed by atoms with van der Waals surface area (Å²) in [6.45, 7) is 6.35. The highest BCUT2D eigenvalue weighted by molar-refractivity contribution is 5.92. The van der Waals surface area contributed by atoms with E-state index in [4.69, 9.17) is 5.73 Å². The Morgan fingerprint density at radius 1 is 1.50 bits per heavy atom. The first kappa shape index (κ1) is 10.4. The first-order chi connectivity index (χ1) is 7.77. The minimum atomic E-state index is 0.747. The van der Waals surface area contributed by atoms with Crippen molar-refractivity contribution >= 4 is 16.6 Å². The maximum atomic E-state index is 5.94. The van der Waals surface area contributed by atoms with Gasteiger partial charge in [-0.1, -0.05) is 18.1 Å². The van der Waals surface area contributed by atoms with Crippen molar-refractivity contribution in [2.24, 2.45) is 0 Å². The van der Waals surface area contributed by atoms with Crippen LogP contribution in [0.3, 0.4) is 0 Å². The topological polar surface area (TPSA) is 30.9 Å². The number of aromatic nitrogens is 1. The summed E-state index contributed by atoms with van der Waals surface area (Å²) in [5.41, 5.74) is 8.83. The summed E-state index contributed by atoms with van der Waals surface area (Å²) in [5, 5.41) is 1.06. The summed E-state index contributed by atoms with van der Waals surface area (Å²) in [7, 11) is 0. The molecule has 1 aromatic carbocycles. The molecule has 0 saturated heterocycles. The standard InChI is InChI=1S/C14H14N2/c1-3-6-11-10-12-13(15)7-5-8-14(12)16(11)9-4-2/h4-5,7-8,10H,2,9,15H2,1H3. The van der Waals surface area contributed by atoms with Crippen molar-refractivity contribution in [2.45, 2.75) is 13.5 Å². The average Bonchev–Trinajstić information content (AvgIpc) is 2.61. The quantitative estimate of drug-likeness (QED) is 0.461. The number of fused-ring (bicyclic) bond motifs is 1. The van der Waals surface area contributed by atoms with Gasteiger partial charge in [-0.3, -0.25) is 0 Å². The fourth-order valence-electron chi connectivity index (χ4n) is 1.86. The second-order valence-corrected chi connectivity index (χ2v) is 3.58. The van der Waals surface area contributed by atoms with E-state index < -0.39 is 0 Å². The molecular weight excluding hydrogens is 196 g/mol. The molecule has 1 aromatic heterocycles. The van der Waals surface area contributed by atoms with E-state index >= 15 is 0 Å². The molecule has 2 heteroatoms. The number of hydrogen-bond acceptors (Lipinski definition) is 1. The highest BCUT2D eigenvalue weighted by Gasteiger charge is 2.07. The van der Waals surface area contributed by atoms with Crippen molar-refractivity contribution in [1.29, 1.82) is 0 Å². The third-order valence-electron chi connectivity index (χ3n) is 2.54. The monoisotopic (exact) mass is 210 g/mol. The molecule has 16 heavy (non-hydrogen) atoms. The lowest BCUT2D eigenvalue weighted by atomic mass is 10.2. The predicted molar refractivity (Wildman–Crippen MR) is 69.1 cm³/mol. The summed E-state index contributed by atoms with van der Waals surface area (Å²) in [6, 6.07) is 7.95. The SMILES string of the molecule is C=CCn1c(C#CC)cc2c(N)cccc21. The number of benzene rings is 1. The number of nitrogen functional groups attached to an aromatic ring is 1. The van der Waals surface area contributed by atoms with Crippen LogP contribution < -0.4 is 5.73 Å². The summed E-state index contributed by atoms with van der Waals surface area (Å²) in [4.78, 5) is 0. The predicted octanol–water partition coefficient (Wildman–Crippen LogP) is 2.78. The molecule has 2 aromatic rings. The van der Waals surface area contributed by atoms with Crippen LogP contribution in [0.15, 0.2) is 36.9 Å². The maximum absolute atomic E-state index is 5.94. The second kappa shape index (κ2) is 4.16. The fourth-order valence-corrected chi connectivity index (χ4v) is 1.86. The number of allylic oxidation sites excluding steroid dienone is 1. The Morgan fingerprint density at radius 3 is 3.00 bits per heavy atom. The second-order valence-electron chi connectivity index (χ2n) is 3.58. The van der Waals surface area contributed by atoms with Crippen LogP contribution >= 0.6 is 0 Å². The number of anilines is 1. The molecule has 80 valence electrons. The van der Waals surface area contributed by atoms with Crippen LogP contribution in [0.2, 0.25) is 0 Å². The van der Waals surface area contributed by atoms with Crippen molar-refractivity contribution in [3.8, 4) is 11.8 Å². The van der Waals surface area contributed by atoms with Gasteiger partial charge in [-0.2, -0.15) is 0 Å². The molecule has 0 aliphatic carbocycles. The van der Waals surface area contributed by atoms with Crippen LogP contribution in [-0.4, -0.2) is 4.57 Å². The lowest BCUT2D eigenvalue weighted by Gasteiger charge is -2.03. The van der Waals surface area contributed by atoms with Gasteiger partial charge >= 0.3 is 0 Å². The normalized spacial score (nSPS) is 9.81. The van der Waals surface area contributed by atoms with E-state index in [1.54, 1.807) is 0 Å². The minimum Gasteiger partial charge on any atom is -0.398 e. The van der Waals surface area contributed by atoms with Crippen molar-refractivity contribution in [3.05, 3.63) is 42.6 Å². The first-order valence-corrected chi connectivity index (χ1v) is 5.19. The van der Waals surface area contributed by atoms with E-state index in [1.807, 2.05) is 31.2 Å². The molecule has 2 rings (SSSR count). The van der Waals surface area contributed by atoms with Gasteiger partial charge in [0.15, 0.2) is 0 Å². The number of nitrogens with zero attached hydrogens (tertiary/aromatic N) is 1. The maximum Gasteiger partial charge on any atom is 0.0934 e. The van der Waals surface area contributed by atoms with Gasteiger partial charge in [0.25, 0.3) is 0 Å². The lowest BCUT2D eigenvalue weighted by Crippen LogP contribution is -1.97. The smallest absolute Gasteiger partial charge is 0.0934 e. The highest BCUT2D eigenvalue weighted by Crippen LogP contribution is 2.24. The number of nitrogens with two attached hydrogens (primary N) is 1. The molecule has 0 radical (unpaired) electrons. The van der Waals surface area contributed by atoms with Crippen LogP contribution in [0.1, 0.15) is 12.6 Å². The van der Waals surface area contributed by atoms with Gasteiger partial charge < -0.3 is 10.3 Å². The zero-order valence-corrected chi connectivity index (χ0v) is 9.33. The van der Waals surface area contributed by atoms with Gasteiger partial charge in [-0.05, 0) is 31.0 Å². The van der Waals surface area contributed by atoms with Gasteiger partial charge in [0.1, 0.15) is 0 Å². The largest absolute Gasteiger partial charge is 0.398 e. The Bertz CT molecular complexity index is 594. The third kappa shape index (κ3) is 1.57. The van der Waals surface area contributed by atoms with Gasteiger partial charge in [0.2, 0.25) is 0 Å². The van der Waals surface area contributed by atoms with Crippen LogP contribution in [0.25, 0.3) is 10.9 Å². The average molecular weight is 210 g/mol. The zero-order chi connectivity index (χ0) is 11.5. The molecule has 0 atom stereocenters. The van der Waals surface area contributed by atoms with Gasteiger partial charge in [-0.15, -0.1) is 6.58 Å². The van der Waals surface area contributed by atoms with E-state index in [0.717, 1.165) is 28.8 Å². The third-order valence-corrected chi connectivity index (χ3v) is 2.54. The number of rotatable bonds is 2. The molecule has 2 nitrogen and oxygen atoms in total. The van der Waals surface area contributed by atoms with E-state index in [1.165, 1.54) is 0 Å². The molecule has 0 amide bonds. The minimum absolute atomic E-state index is 0.747. The molecule has 0 fully saturated rings. The van der Waals surface area contributed by atoms with Crippen molar-refractivity contribution in [3.63, 3.8) is 0 Å². The summed E-state index contributed by atoms with van der Waals surface area (Å²) in [6.07, 6.45) is 1.86. The van der Waals surface area contributed by atoms with E-state index in [2.05, 4.69) is 29.1 Å². The summed E-state index contributed by atoms with van der Waals surface area (Å²) in [5.74, 6) is 6.00. The van der Waals surface area contributed by atoms with Crippen molar-refractivity contribution in [1.82, 2.24) is 4.57 Å². The molecule has 0 bridgehead atoms. The van der Waals surface area contributed by atoms with E-state index in [0.29, 0.717) is 0 Å². The van der Waals surface area contributed by atoms with E-state index in [-0.39, 0.29) is 0 Å². The van der Waals surface area contributed by atoms with Crippen LogP contribution in [0.4, 0.5) is 5.69 Å². The zero-order valence-electron chi connectivity index (χ0n) is 9.33. The van der Waals surface area contributed by atoms with Crippen LogP contribution in [-0.2, 0) is 6.54 Å². The number of hydrogen-bond donors (Lipinski definition) is 1. The van der Waals surface area contributed by atoms with Gasteiger partial charge in [0.05, 0.1) is 11.2 Å². The Balaban J connectivity index is 2.78. The Labute approximate surface area is 95.4 Å². The highest BCUT2D eigenvalue weighted by atomic mass is 15.0. The molecular formula is C14H14N2. The Hall–Kier alpha value is -2.14. The molecule has 0 spiro atoms. The Kier molecular flexibility index (Phi) is 2.70. The van der Waals surface area contributed by atoms with Gasteiger partial charge in [0, 0.05) is 17.6 Å². The molecule has 1 heterocycles. The molecule has 0 aliphatic rings. The molecule has 2 N–H and O–H groups in total.